The van der Waals surface area contributed by atoms with Gasteiger partial charge in [0.05, 0.1) is 19.3 Å². The zero-order chi connectivity index (χ0) is 36.8. The molecule has 52 heavy (non-hydrogen) atoms. The second kappa shape index (κ2) is 20.7. The van der Waals surface area contributed by atoms with Crippen molar-refractivity contribution < 1.29 is 19.4 Å². The molecule has 6 heteroatoms. The lowest BCUT2D eigenvalue weighted by Gasteiger charge is -2.26. The Bertz CT molecular complexity index is 1410. The molecule has 2 aromatic carbocycles. The van der Waals surface area contributed by atoms with Gasteiger partial charge in [-0.15, -0.1) is 6.58 Å². The third-order valence-corrected chi connectivity index (χ3v) is 12.8. The van der Waals surface area contributed by atoms with Gasteiger partial charge in [0.15, 0.2) is 0 Å². The van der Waals surface area contributed by atoms with Crippen LogP contribution in [0.1, 0.15) is 155 Å². The first-order valence-electron chi connectivity index (χ1n) is 21.0. The molecule has 1 saturated heterocycles. The lowest BCUT2D eigenvalue weighted by Crippen LogP contribution is -2.40. The molecule has 4 N–H and O–H groups in total. The first-order valence-corrected chi connectivity index (χ1v) is 21.0. The Balaban J connectivity index is 0.000000201. The molecule has 6 atom stereocenters. The largest absolute Gasteiger partial charge is 0.450 e. The minimum Gasteiger partial charge on any atom is -0.450 e. The number of ether oxygens (including phenoxy) is 2. The molecule has 288 valence electrons. The monoisotopic (exact) mass is 715 g/mol. The number of nitrogens with two attached hydrogens (primary N) is 1. The molecule has 1 unspecified atom stereocenters. The Kier molecular flexibility index (Phi) is 16.1. The number of carbonyl (C=O) groups is 1. The van der Waals surface area contributed by atoms with E-state index in [1.54, 1.807) is 23.8 Å². The van der Waals surface area contributed by atoms with Gasteiger partial charge in [-0.3, -0.25) is 0 Å². The predicted octanol–water partition coefficient (Wildman–Crippen LogP) is 9.88. The maximum absolute atomic E-state index is 11.6. The summed E-state index contributed by atoms with van der Waals surface area (Å²) in [7, 11) is 1.81. The van der Waals surface area contributed by atoms with Crippen LogP contribution in [0.3, 0.4) is 0 Å². The highest BCUT2D eigenvalue weighted by molar-refractivity contribution is 5.67. The van der Waals surface area contributed by atoms with Crippen molar-refractivity contribution in [2.45, 2.75) is 159 Å². The molecule has 4 aliphatic rings. The van der Waals surface area contributed by atoms with Gasteiger partial charge < -0.3 is 25.6 Å². The number of rotatable bonds is 14. The fraction of sp³-hybridized carbons (Fsp3) is 0.674. The Morgan fingerprint density at radius 1 is 0.923 bits per heavy atom. The molecule has 1 aliphatic heterocycles. The highest BCUT2D eigenvalue weighted by Crippen LogP contribution is 2.41. The fourth-order valence-corrected chi connectivity index (χ4v) is 9.29. The number of aliphatic hydroxyl groups excluding tert-OH is 1. The topological polar surface area (TPSA) is 93.8 Å². The van der Waals surface area contributed by atoms with E-state index in [0.717, 1.165) is 56.8 Å². The molecule has 6 nitrogen and oxygen atoms in total. The Morgan fingerprint density at radius 3 is 2.19 bits per heavy atom. The zero-order valence-electron chi connectivity index (χ0n) is 32.6. The standard InChI is InChI=1S/C23H37NO2.C23H33NO2/c1-17(26-2)5-3-4-6-18-7-8-20-14-21(10-9-19(20)13-18)22-11-12-23(24,15-22)16-25;1-2-3-4-5-8-18-10-11-20-16-21(13-12-19(20)15-18)22-9-6-7-14-26-23(25)24-17-22/h9-10,14,17-18,22,25H,3-8,11-13,15-16,24H2,1-2H3;2,12-13,16,18,22H,1,3-11,14-15,17H2,(H,24,25)/t17?,18-,22-,23+;18-,22-/m00/s1. The summed E-state index contributed by atoms with van der Waals surface area (Å²) in [4.78, 5) is 11.6. The molecule has 0 radical (unpaired) electrons. The fourth-order valence-electron chi connectivity index (χ4n) is 9.29. The van der Waals surface area contributed by atoms with E-state index < -0.39 is 0 Å². The van der Waals surface area contributed by atoms with Gasteiger partial charge in [-0.2, -0.15) is 0 Å². The molecule has 2 aromatic rings. The number of hydrogen-bond donors (Lipinski definition) is 3. The van der Waals surface area contributed by atoms with Gasteiger partial charge in [0.2, 0.25) is 0 Å². The summed E-state index contributed by atoms with van der Waals surface area (Å²) in [6.45, 7) is 7.31. The normalized spacial score (nSPS) is 26.6. The van der Waals surface area contributed by atoms with Crippen LogP contribution in [-0.2, 0) is 35.2 Å². The number of fused-ring (bicyclic) bond motifs is 2. The van der Waals surface area contributed by atoms with Gasteiger partial charge in [0.25, 0.3) is 0 Å². The third kappa shape index (κ3) is 12.2. The maximum Gasteiger partial charge on any atom is 0.407 e. The van der Waals surface area contributed by atoms with Crippen molar-refractivity contribution in [1.82, 2.24) is 5.32 Å². The number of amides is 1. The predicted molar refractivity (Wildman–Crippen MR) is 214 cm³/mol. The van der Waals surface area contributed by atoms with E-state index in [1.165, 1.54) is 100 Å². The van der Waals surface area contributed by atoms with Crippen LogP contribution in [0.4, 0.5) is 4.79 Å². The van der Waals surface area contributed by atoms with Gasteiger partial charge in [-0.1, -0.05) is 74.6 Å². The van der Waals surface area contributed by atoms with Crippen LogP contribution in [0.15, 0.2) is 49.1 Å². The number of nitrogens with one attached hydrogen (secondary N) is 1. The second-order valence-electron chi connectivity index (χ2n) is 16.8. The summed E-state index contributed by atoms with van der Waals surface area (Å²) in [6.07, 6.45) is 26.1. The summed E-state index contributed by atoms with van der Waals surface area (Å²) in [5.41, 5.74) is 14.9. The Hall–Kier alpha value is -2.67. The third-order valence-electron chi connectivity index (χ3n) is 12.8. The molecule has 1 heterocycles. The van der Waals surface area contributed by atoms with Crippen molar-refractivity contribution in [3.63, 3.8) is 0 Å². The average Bonchev–Trinajstić information content (AvgIpc) is 3.62. The minimum atomic E-state index is -0.355. The molecular weight excluding hydrogens is 645 g/mol. The molecule has 2 fully saturated rings. The van der Waals surface area contributed by atoms with E-state index in [9.17, 15) is 9.90 Å². The molecular formula is C46H70N2O4. The first kappa shape index (κ1) is 40.5. The van der Waals surface area contributed by atoms with E-state index in [2.05, 4.69) is 55.2 Å². The van der Waals surface area contributed by atoms with E-state index >= 15 is 0 Å². The van der Waals surface area contributed by atoms with Crippen molar-refractivity contribution in [1.29, 1.82) is 0 Å². The number of aliphatic hydroxyl groups is 1. The van der Waals surface area contributed by atoms with Crippen LogP contribution in [0.5, 0.6) is 0 Å². The minimum absolute atomic E-state index is 0.110. The molecule has 0 aromatic heterocycles. The average molecular weight is 715 g/mol. The van der Waals surface area contributed by atoms with E-state index in [-0.39, 0.29) is 18.2 Å². The quantitative estimate of drug-likeness (QED) is 0.134. The Labute approximate surface area is 315 Å². The smallest absolute Gasteiger partial charge is 0.407 e. The summed E-state index contributed by atoms with van der Waals surface area (Å²) in [5, 5.41) is 12.4. The van der Waals surface area contributed by atoms with Crippen molar-refractivity contribution in [2.75, 3.05) is 26.9 Å². The van der Waals surface area contributed by atoms with Gasteiger partial charge in [0, 0.05) is 25.1 Å². The number of benzene rings is 2. The molecule has 6 rings (SSSR count). The van der Waals surface area contributed by atoms with Gasteiger partial charge in [-0.05, 0) is 154 Å². The molecule has 0 spiro atoms. The number of hydrogen-bond acceptors (Lipinski definition) is 5. The first-order chi connectivity index (χ1) is 25.3. The summed E-state index contributed by atoms with van der Waals surface area (Å²) < 4.78 is 10.5. The van der Waals surface area contributed by atoms with Crippen LogP contribution in [0.25, 0.3) is 0 Å². The van der Waals surface area contributed by atoms with Gasteiger partial charge in [0.1, 0.15) is 0 Å². The van der Waals surface area contributed by atoms with E-state index in [4.69, 9.17) is 15.2 Å². The van der Waals surface area contributed by atoms with Crippen LogP contribution in [0.2, 0.25) is 0 Å². The number of methoxy groups -OCH3 is 1. The lowest BCUT2D eigenvalue weighted by molar-refractivity contribution is 0.108. The van der Waals surface area contributed by atoms with Crippen LogP contribution < -0.4 is 11.1 Å². The van der Waals surface area contributed by atoms with Crippen LogP contribution >= 0.6 is 0 Å². The van der Waals surface area contributed by atoms with Crippen molar-refractivity contribution in [3.05, 3.63) is 82.4 Å². The SMILES string of the molecule is C=CCCCC[C@H]1CCc2cc([C@H]3CCCCOC(=O)NC3)ccc2C1.COC(C)CCCC[C@H]1CCc2cc([C@H]3CC[C@](N)(CO)C3)ccc2C1. The van der Waals surface area contributed by atoms with Crippen molar-refractivity contribution in [3.8, 4) is 0 Å². The van der Waals surface area contributed by atoms with E-state index in [1.807, 2.05) is 6.08 Å². The van der Waals surface area contributed by atoms with Gasteiger partial charge >= 0.3 is 6.09 Å². The lowest BCUT2D eigenvalue weighted by atomic mass is 9.79. The molecule has 0 bridgehead atoms. The highest BCUT2D eigenvalue weighted by Gasteiger charge is 2.36. The number of alkyl carbamates (subject to hydrolysis) is 1. The van der Waals surface area contributed by atoms with Crippen LogP contribution in [-0.4, -0.2) is 49.7 Å². The summed E-state index contributed by atoms with van der Waals surface area (Å²) in [6, 6.07) is 14.2. The van der Waals surface area contributed by atoms with E-state index in [0.29, 0.717) is 31.1 Å². The number of aryl methyl sites for hydroxylation is 2. The molecule has 1 saturated carbocycles. The molecule has 3 aliphatic carbocycles. The number of allylic oxidation sites excluding steroid dienone is 1. The number of unbranched alkanes of at least 4 members (excludes halogenated alkanes) is 3. The highest BCUT2D eigenvalue weighted by atomic mass is 16.5. The van der Waals surface area contributed by atoms with Gasteiger partial charge in [-0.25, -0.2) is 4.79 Å². The summed E-state index contributed by atoms with van der Waals surface area (Å²) >= 11 is 0. The van der Waals surface area contributed by atoms with Crippen molar-refractivity contribution >= 4 is 6.09 Å². The number of cyclic esters (lactones) is 1. The number of carbonyl (C=O) groups excluding carboxylic acids is 1. The Morgan fingerprint density at radius 2 is 1.58 bits per heavy atom. The zero-order valence-corrected chi connectivity index (χ0v) is 32.6. The van der Waals surface area contributed by atoms with Crippen molar-refractivity contribution in [2.24, 2.45) is 17.6 Å². The van der Waals surface area contributed by atoms with Crippen LogP contribution in [0, 0.1) is 11.8 Å². The summed E-state index contributed by atoms with van der Waals surface area (Å²) in [5.74, 6) is 2.63. The maximum atomic E-state index is 11.6. The molecule has 1 amide bonds. The second-order valence-corrected chi connectivity index (χ2v) is 16.8.